The third kappa shape index (κ3) is 3.37. The first-order valence-electron chi connectivity index (χ1n) is 8.82. The van der Waals surface area contributed by atoms with Crippen molar-refractivity contribution in [1.29, 1.82) is 5.26 Å². The summed E-state index contributed by atoms with van der Waals surface area (Å²) in [5.74, 6) is -1.66. The maximum absolute atomic E-state index is 12.4. The van der Waals surface area contributed by atoms with Crippen molar-refractivity contribution in [3.63, 3.8) is 0 Å². The number of nitrogens with one attached hydrogen (secondary N) is 1. The van der Waals surface area contributed by atoms with Gasteiger partial charge in [0.05, 0.1) is 29.1 Å². The van der Waals surface area contributed by atoms with Gasteiger partial charge in [-0.1, -0.05) is 30.3 Å². The number of fused-ring (bicyclic) bond motifs is 1. The van der Waals surface area contributed by atoms with Crippen molar-refractivity contribution < 1.29 is 14.4 Å². The van der Waals surface area contributed by atoms with E-state index in [0.717, 1.165) is 10.6 Å². The summed E-state index contributed by atoms with van der Waals surface area (Å²) in [7, 11) is 0. The van der Waals surface area contributed by atoms with E-state index in [2.05, 4.69) is 10.4 Å². The van der Waals surface area contributed by atoms with E-state index in [9.17, 15) is 19.6 Å². The highest BCUT2D eigenvalue weighted by Crippen LogP contribution is 2.22. The molecule has 4 rings (SSSR count). The Morgan fingerprint density at radius 1 is 1.03 bits per heavy atom. The minimum absolute atomic E-state index is 0.270. The van der Waals surface area contributed by atoms with Gasteiger partial charge in [0.25, 0.3) is 11.8 Å². The monoisotopic (exact) mass is 385 g/mol. The van der Waals surface area contributed by atoms with Gasteiger partial charge in [-0.3, -0.25) is 19.3 Å². The molecular weight excluding hydrogens is 370 g/mol. The van der Waals surface area contributed by atoms with E-state index in [1.165, 1.54) is 6.20 Å². The minimum atomic E-state index is -0.963. The average molecular weight is 385 g/mol. The molecule has 1 aliphatic rings. The molecule has 142 valence electrons. The Hall–Kier alpha value is -4.25. The molecule has 3 aromatic rings. The number of aromatic nitrogens is 2. The van der Waals surface area contributed by atoms with Crippen LogP contribution < -0.4 is 5.32 Å². The molecule has 0 aliphatic carbocycles. The van der Waals surface area contributed by atoms with Crippen LogP contribution in [0.3, 0.4) is 0 Å². The lowest BCUT2D eigenvalue weighted by molar-refractivity contribution is -0.121. The molecule has 29 heavy (non-hydrogen) atoms. The van der Waals surface area contributed by atoms with Crippen LogP contribution in [-0.4, -0.2) is 38.9 Å². The van der Waals surface area contributed by atoms with Crippen LogP contribution in [0.1, 0.15) is 32.3 Å². The molecule has 0 saturated heterocycles. The number of imide groups is 1. The van der Waals surface area contributed by atoms with Crippen molar-refractivity contribution in [2.45, 2.75) is 6.04 Å². The number of hydrogen-bond donors (Lipinski definition) is 1. The fourth-order valence-corrected chi connectivity index (χ4v) is 3.13. The fraction of sp³-hybridized carbons (Fsp3) is 0.0952. The standard InChI is InChI=1S/C21H15N5O3/c22-10-18(14-11-23-26(12-14)15-6-2-1-3-7-15)24-19(27)13-25-20(28)16-8-4-5-9-17(16)21(25)29/h1-9,11-12,18H,13H2,(H,24,27)/t18-/m0/s1. The summed E-state index contributed by atoms with van der Waals surface area (Å²) in [6, 6.07) is 16.8. The van der Waals surface area contributed by atoms with Gasteiger partial charge in [-0.05, 0) is 24.3 Å². The second-order valence-corrected chi connectivity index (χ2v) is 6.43. The highest BCUT2D eigenvalue weighted by atomic mass is 16.2. The number of benzene rings is 2. The van der Waals surface area contributed by atoms with E-state index in [4.69, 9.17) is 0 Å². The molecular formula is C21H15N5O3. The Kier molecular flexibility index (Phi) is 4.63. The van der Waals surface area contributed by atoms with Crippen LogP contribution >= 0.6 is 0 Å². The van der Waals surface area contributed by atoms with E-state index in [1.807, 2.05) is 36.4 Å². The smallest absolute Gasteiger partial charge is 0.262 e. The summed E-state index contributed by atoms with van der Waals surface area (Å²) < 4.78 is 1.59. The Morgan fingerprint density at radius 3 is 2.28 bits per heavy atom. The van der Waals surface area contributed by atoms with Gasteiger partial charge in [0.15, 0.2) is 0 Å². The lowest BCUT2D eigenvalue weighted by Gasteiger charge is -2.15. The van der Waals surface area contributed by atoms with E-state index < -0.39 is 30.3 Å². The maximum atomic E-state index is 12.4. The van der Waals surface area contributed by atoms with Crippen LogP contribution in [0.15, 0.2) is 67.0 Å². The SMILES string of the molecule is N#C[C@H](NC(=O)CN1C(=O)c2ccccc2C1=O)c1cnn(-c2ccccc2)c1. The third-order valence-electron chi connectivity index (χ3n) is 4.57. The molecule has 0 saturated carbocycles. The number of nitriles is 1. The number of nitrogens with zero attached hydrogens (tertiary/aromatic N) is 4. The van der Waals surface area contributed by atoms with Crippen LogP contribution in [0.5, 0.6) is 0 Å². The van der Waals surface area contributed by atoms with Gasteiger partial charge in [-0.25, -0.2) is 4.68 Å². The number of amides is 3. The van der Waals surface area contributed by atoms with Crippen LogP contribution in [0.25, 0.3) is 5.69 Å². The summed E-state index contributed by atoms with van der Waals surface area (Å²) in [5.41, 5.74) is 1.84. The van der Waals surface area contributed by atoms with Gasteiger partial charge >= 0.3 is 0 Å². The van der Waals surface area contributed by atoms with Crippen LogP contribution in [0, 0.1) is 11.3 Å². The molecule has 1 aromatic heterocycles. The summed E-state index contributed by atoms with van der Waals surface area (Å²) >= 11 is 0. The van der Waals surface area contributed by atoms with Crippen molar-refractivity contribution in [1.82, 2.24) is 20.0 Å². The van der Waals surface area contributed by atoms with Gasteiger partial charge in [0, 0.05) is 11.8 Å². The first kappa shape index (κ1) is 18.1. The molecule has 8 heteroatoms. The first-order chi connectivity index (χ1) is 14.1. The summed E-state index contributed by atoms with van der Waals surface area (Å²) in [6.07, 6.45) is 3.13. The van der Waals surface area contributed by atoms with Gasteiger partial charge in [-0.2, -0.15) is 10.4 Å². The number of para-hydroxylation sites is 1. The summed E-state index contributed by atoms with van der Waals surface area (Å²) in [4.78, 5) is 38.1. The predicted octanol–water partition coefficient (Wildman–Crippen LogP) is 1.85. The minimum Gasteiger partial charge on any atom is -0.335 e. The van der Waals surface area contributed by atoms with Crippen molar-refractivity contribution in [3.8, 4) is 11.8 Å². The zero-order valence-electron chi connectivity index (χ0n) is 15.1. The summed E-state index contributed by atoms with van der Waals surface area (Å²) in [6.45, 7) is -0.461. The molecule has 2 aromatic carbocycles. The second kappa shape index (κ2) is 7.40. The summed E-state index contributed by atoms with van der Waals surface area (Å²) in [5, 5.41) is 16.2. The number of carbonyl (C=O) groups is 3. The number of rotatable bonds is 5. The van der Waals surface area contributed by atoms with E-state index >= 15 is 0 Å². The highest BCUT2D eigenvalue weighted by molar-refractivity contribution is 6.22. The lowest BCUT2D eigenvalue weighted by atomic mass is 10.1. The molecule has 0 unspecified atom stereocenters. The predicted molar refractivity (Wildman–Crippen MR) is 102 cm³/mol. The van der Waals surface area contributed by atoms with Gasteiger partial charge in [-0.15, -0.1) is 0 Å². The first-order valence-corrected chi connectivity index (χ1v) is 8.82. The maximum Gasteiger partial charge on any atom is 0.262 e. The van der Waals surface area contributed by atoms with Gasteiger partial charge < -0.3 is 5.32 Å². The number of hydrogen-bond acceptors (Lipinski definition) is 5. The molecule has 1 aliphatic heterocycles. The Bertz CT molecular complexity index is 1110. The van der Waals surface area contributed by atoms with Crippen molar-refractivity contribution in [2.24, 2.45) is 0 Å². The van der Waals surface area contributed by atoms with Crippen LogP contribution in [0.4, 0.5) is 0 Å². The molecule has 0 spiro atoms. The molecule has 1 N–H and O–H groups in total. The normalized spacial score (nSPS) is 13.7. The number of carbonyl (C=O) groups excluding carboxylic acids is 3. The highest BCUT2D eigenvalue weighted by Gasteiger charge is 2.36. The Morgan fingerprint density at radius 2 is 1.66 bits per heavy atom. The zero-order valence-corrected chi connectivity index (χ0v) is 15.1. The topological polar surface area (TPSA) is 108 Å². The van der Waals surface area contributed by atoms with E-state index in [0.29, 0.717) is 5.56 Å². The quantitative estimate of drug-likeness (QED) is 0.675. The van der Waals surface area contributed by atoms with Crippen LogP contribution in [-0.2, 0) is 4.79 Å². The largest absolute Gasteiger partial charge is 0.335 e. The molecule has 0 fully saturated rings. The van der Waals surface area contributed by atoms with Crippen molar-refractivity contribution in [3.05, 3.63) is 83.7 Å². The van der Waals surface area contributed by atoms with E-state index in [-0.39, 0.29) is 11.1 Å². The van der Waals surface area contributed by atoms with Gasteiger partial charge in [0.1, 0.15) is 12.6 Å². The molecule has 0 radical (unpaired) electrons. The average Bonchev–Trinajstić information content (AvgIpc) is 3.33. The van der Waals surface area contributed by atoms with Crippen molar-refractivity contribution in [2.75, 3.05) is 6.54 Å². The lowest BCUT2D eigenvalue weighted by Crippen LogP contribution is -2.41. The molecule has 2 heterocycles. The second-order valence-electron chi connectivity index (χ2n) is 6.43. The fourth-order valence-electron chi connectivity index (χ4n) is 3.13. The van der Waals surface area contributed by atoms with Gasteiger partial charge in [0.2, 0.25) is 5.91 Å². The molecule has 8 nitrogen and oxygen atoms in total. The van der Waals surface area contributed by atoms with Crippen LogP contribution in [0.2, 0.25) is 0 Å². The zero-order chi connectivity index (χ0) is 20.4. The van der Waals surface area contributed by atoms with E-state index in [1.54, 1.807) is 35.1 Å². The molecule has 0 bridgehead atoms. The van der Waals surface area contributed by atoms with Crippen molar-refractivity contribution >= 4 is 17.7 Å². The molecule has 3 amide bonds. The Balaban J connectivity index is 1.46. The Labute approximate surface area is 166 Å². The third-order valence-corrected chi connectivity index (χ3v) is 4.57. The molecule has 1 atom stereocenters.